The standard InChI is InChI=1S/C11H18ClNS/c1-8(2)6-10(12)4-5-11-7-14-9(3)13-11/h7-8,10H,4-6H2,1-3H3. The number of aromatic nitrogens is 1. The normalized spacial score (nSPS) is 13.5. The summed E-state index contributed by atoms with van der Waals surface area (Å²) in [4.78, 5) is 4.42. The minimum Gasteiger partial charge on any atom is -0.247 e. The van der Waals surface area contributed by atoms with Crippen molar-refractivity contribution >= 4 is 22.9 Å². The van der Waals surface area contributed by atoms with Crippen LogP contribution < -0.4 is 0 Å². The summed E-state index contributed by atoms with van der Waals surface area (Å²) in [5.74, 6) is 0.690. The summed E-state index contributed by atoms with van der Waals surface area (Å²) in [6.45, 7) is 6.46. The molecule has 1 heterocycles. The highest BCUT2D eigenvalue weighted by Crippen LogP contribution is 2.17. The van der Waals surface area contributed by atoms with E-state index in [4.69, 9.17) is 11.6 Å². The number of thiazole rings is 1. The molecule has 0 bridgehead atoms. The van der Waals surface area contributed by atoms with E-state index in [0.29, 0.717) is 11.3 Å². The Labute approximate surface area is 95.5 Å². The van der Waals surface area contributed by atoms with Gasteiger partial charge in [-0.1, -0.05) is 13.8 Å². The molecular weight excluding hydrogens is 214 g/mol. The van der Waals surface area contributed by atoms with Crippen molar-refractivity contribution in [2.45, 2.75) is 45.4 Å². The molecule has 0 aliphatic rings. The van der Waals surface area contributed by atoms with E-state index in [0.717, 1.165) is 24.3 Å². The van der Waals surface area contributed by atoms with E-state index < -0.39 is 0 Å². The zero-order valence-corrected chi connectivity index (χ0v) is 10.7. The first-order valence-electron chi connectivity index (χ1n) is 5.13. The van der Waals surface area contributed by atoms with Crippen LogP contribution in [-0.2, 0) is 6.42 Å². The van der Waals surface area contributed by atoms with Gasteiger partial charge in [0.2, 0.25) is 0 Å². The second-order valence-electron chi connectivity index (χ2n) is 4.12. The van der Waals surface area contributed by atoms with Crippen molar-refractivity contribution < 1.29 is 0 Å². The molecule has 1 aromatic rings. The third-order valence-electron chi connectivity index (χ3n) is 2.11. The molecular formula is C11H18ClNS. The highest BCUT2D eigenvalue weighted by molar-refractivity contribution is 7.09. The Morgan fingerprint density at radius 1 is 1.50 bits per heavy atom. The summed E-state index contributed by atoms with van der Waals surface area (Å²) in [6, 6.07) is 0. The molecule has 3 heteroatoms. The summed E-state index contributed by atoms with van der Waals surface area (Å²) in [6.07, 6.45) is 3.17. The number of alkyl halides is 1. The van der Waals surface area contributed by atoms with Crippen molar-refractivity contribution in [3.8, 4) is 0 Å². The van der Waals surface area contributed by atoms with Gasteiger partial charge >= 0.3 is 0 Å². The minimum atomic E-state index is 0.303. The Kier molecular flexibility index (Phi) is 4.90. The van der Waals surface area contributed by atoms with Crippen LogP contribution in [0.25, 0.3) is 0 Å². The van der Waals surface area contributed by atoms with Crippen molar-refractivity contribution in [3.05, 3.63) is 16.1 Å². The molecule has 14 heavy (non-hydrogen) atoms. The molecule has 0 spiro atoms. The van der Waals surface area contributed by atoms with E-state index in [1.165, 1.54) is 5.69 Å². The predicted molar refractivity (Wildman–Crippen MR) is 64.3 cm³/mol. The third kappa shape index (κ3) is 4.43. The Morgan fingerprint density at radius 2 is 2.21 bits per heavy atom. The SMILES string of the molecule is Cc1nc(CCC(Cl)CC(C)C)cs1. The van der Waals surface area contributed by atoms with Crippen LogP contribution in [0.3, 0.4) is 0 Å². The lowest BCUT2D eigenvalue weighted by molar-refractivity contribution is 0.543. The summed E-state index contributed by atoms with van der Waals surface area (Å²) < 4.78 is 0. The summed E-state index contributed by atoms with van der Waals surface area (Å²) in [7, 11) is 0. The van der Waals surface area contributed by atoms with Gasteiger partial charge in [0.15, 0.2) is 0 Å². The lowest BCUT2D eigenvalue weighted by Crippen LogP contribution is -2.05. The van der Waals surface area contributed by atoms with Crippen molar-refractivity contribution in [2.24, 2.45) is 5.92 Å². The molecule has 80 valence electrons. The summed E-state index contributed by atoms with van der Waals surface area (Å²) >= 11 is 7.92. The molecule has 1 rings (SSSR count). The van der Waals surface area contributed by atoms with E-state index >= 15 is 0 Å². The number of rotatable bonds is 5. The van der Waals surface area contributed by atoms with E-state index in [-0.39, 0.29) is 0 Å². The number of hydrogen-bond acceptors (Lipinski definition) is 2. The molecule has 1 nitrogen and oxygen atoms in total. The fourth-order valence-corrected chi connectivity index (χ4v) is 2.57. The van der Waals surface area contributed by atoms with Crippen LogP contribution in [0.5, 0.6) is 0 Å². The molecule has 0 fully saturated rings. The maximum Gasteiger partial charge on any atom is 0.0897 e. The Balaban J connectivity index is 2.26. The second kappa shape index (κ2) is 5.72. The van der Waals surface area contributed by atoms with Crippen LogP contribution in [-0.4, -0.2) is 10.4 Å². The van der Waals surface area contributed by atoms with Gasteiger partial charge in [0.25, 0.3) is 0 Å². The van der Waals surface area contributed by atoms with Gasteiger partial charge in [-0.3, -0.25) is 0 Å². The van der Waals surface area contributed by atoms with Crippen molar-refractivity contribution in [1.82, 2.24) is 4.98 Å². The Hall–Kier alpha value is -0.0800. The first-order chi connectivity index (χ1) is 6.58. The Bertz CT molecular complexity index is 270. The number of halogens is 1. The fraction of sp³-hybridized carbons (Fsp3) is 0.727. The van der Waals surface area contributed by atoms with Gasteiger partial charge in [-0.05, 0) is 32.1 Å². The van der Waals surface area contributed by atoms with Crippen molar-refractivity contribution in [2.75, 3.05) is 0 Å². The van der Waals surface area contributed by atoms with Gasteiger partial charge in [0.05, 0.1) is 10.7 Å². The maximum atomic E-state index is 6.21. The second-order valence-corrected chi connectivity index (χ2v) is 5.80. The zero-order chi connectivity index (χ0) is 10.6. The number of aryl methyl sites for hydroxylation is 2. The smallest absolute Gasteiger partial charge is 0.0897 e. The molecule has 0 amide bonds. The van der Waals surface area contributed by atoms with Crippen LogP contribution in [0.2, 0.25) is 0 Å². The molecule has 0 aliphatic carbocycles. The number of nitrogens with zero attached hydrogens (tertiary/aromatic N) is 1. The highest BCUT2D eigenvalue weighted by atomic mass is 35.5. The molecule has 1 unspecified atom stereocenters. The first-order valence-corrected chi connectivity index (χ1v) is 6.44. The minimum absolute atomic E-state index is 0.303. The van der Waals surface area contributed by atoms with Gasteiger partial charge in [-0.2, -0.15) is 0 Å². The molecule has 1 atom stereocenters. The average Bonchev–Trinajstić information content (AvgIpc) is 2.47. The summed E-state index contributed by atoms with van der Waals surface area (Å²) in [5, 5.41) is 3.58. The Morgan fingerprint density at radius 3 is 2.71 bits per heavy atom. The average molecular weight is 232 g/mol. The van der Waals surface area contributed by atoms with Crippen molar-refractivity contribution in [3.63, 3.8) is 0 Å². The molecule has 0 radical (unpaired) electrons. The molecule has 0 saturated carbocycles. The molecule has 0 aromatic carbocycles. The quantitative estimate of drug-likeness (QED) is 0.697. The van der Waals surface area contributed by atoms with Gasteiger partial charge in [-0.25, -0.2) is 4.98 Å². The highest BCUT2D eigenvalue weighted by Gasteiger charge is 2.08. The largest absolute Gasteiger partial charge is 0.247 e. The van der Waals surface area contributed by atoms with Gasteiger partial charge in [0, 0.05) is 10.8 Å². The van der Waals surface area contributed by atoms with E-state index in [1.807, 2.05) is 6.92 Å². The van der Waals surface area contributed by atoms with E-state index in [2.05, 4.69) is 24.2 Å². The van der Waals surface area contributed by atoms with Crippen LogP contribution in [0, 0.1) is 12.8 Å². The fourth-order valence-electron chi connectivity index (χ4n) is 1.46. The molecule has 0 aliphatic heterocycles. The van der Waals surface area contributed by atoms with Crippen LogP contribution >= 0.6 is 22.9 Å². The number of hydrogen-bond donors (Lipinski definition) is 0. The molecule has 0 saturated heterocycles. The lowest BCUT2D eigenvalue weighted by atomic mass is 10.0. The van der Waals surface area contributed by atoms with Gasteiger partial charge < -0.3 is 0 Å². The van der Waals surface area contributed by atoms with Crippen molar-refractivity contribution in [1.29, 1.82) is 0 Å². The van der Waals surface area contributed by atoms with Gasteiger partial charge in [-0.15, -0.1) is 22.9 Å². The van der Waals surface area contributed by atoms with Crippen LogP contribution in [0.4, 0.5) is 0 Å². The van der Waals surface area contributed by atoms with Crippen LogP contribution in [0.1, 0.15) is 37.4 Å². The van der Waals surface area contributed by atoms with E-state index in [1.54, 1.807) is 11.3 Å². The molecule has 1 aromatic heterocycles. The zero-order valence-electron chi connectivity index (χ0n) is 9.09. The van der Waals surface area contributed by atoms with Crippen LogP contribution in [0.15, 0.2) is 5.38 Å². The predicted octanol–water partition coefficient (Wildman–Crippen LogP) is 4.04. The summed E-state index contributed by atoms with van der Waals surface area (Å²) in [5.41, 5.74) is 1.20. The topological polar surface area (TPSA) is 12.9 Å². The monoisotopic (exact) mass is 231 g/mol. The van der Waals surface area contributed by atoms with E-state index in [9.17, 15) is 0 Å². The first kappa shape index (κ1) is 12.0. The van der Waals surface area contributed by atoms with Gasteiger partial charge in [0.1, 0.15) is 0 Å². The lowest BCUT2D eigenvalue weighted by Gasteiger charge is -2.10. The molecule has 0 N–H and O–H groups in total. The third-order valence-corrected chi connectivity index (χ3v) is 3.33. The maximum absolute atomic E-state index is 6.21.